The van der Waals surface area contributed by atoms with E-state index in [1.165, 1.54) is 0 Å². The van der Waals surface area contributed by atoms with Gasteiger partial charge in [-0.3, -0.25) is 4.79 Å². The minimum absolute atomic E-state index is 0.208. The number of carbonyl (C=O) groups is 1. The molecule has 3 heterocycles. The van der Waals surface area contributed by atoms with Crippen molar-refractivity contribution in [2.24, 2.45) is 0 Å². The zero-order valence-electron chi connectivity index (χ0n) is 15.7. The number of nitrogens with one attached hydrogen (secondary N) is 1. The lowest BCUT2D eigenvalue weighted by Gasteiger charge is -2.07. The Kier molecular flexibility index (Phi) is 4.76. The van der Waals surface area contributed by atoms with Crippen LogP contribution in [0, 0.1) is 13.8 Å². The predicted octanol–water partition coefficient (Wildman–Crippen LogP) is 4.18. The number of nitrogens with zero attached hydrogens (tertiary/aromatic N) is 3. The molecule has 140 valence electrons. The molecule has 6 nitrogen and oxygen atoms in total. The number of benzene rings is 1. The highest BCUT2D eigenvalue weighted by Crippen LogP contribution is 2.16. The second-order valence-electron chi connectivity index (χ2n) is 6.59. The lowest BCUT2D eigenvalue weighted by molar-refractivity contribution is 0.102. The molecule has 1 aromatic carbocycles. The number of pyridine rings is 2. The van der Waals surface area contributed by atoms with Crippen molar-refractivity contribution in [3.63, 3.8) is 0 Å². The van der Waals surface area contributed by atoms with E-state index in [1.807, 2.05) is 54.9 Å². The van der Waals surface area contributed by atoms with E-state index < -0.39 is 0 Å². The molecule has 4 aromatic rings. The molecule has 0 bridgehead atoms. The van der Waals surface area contributed by atoms with Crippen LogP contribution in [0.3, 0.4) is 0 Å². The first-order valence-corrected chi connectivity index (χ1v) is 8.99. The molecule has 3 aromatic heterocycles. The fraction of sp³-hybridized carbons (Fsp3) is 0.136. The average molecular weight is 372 g/mol. The Hall–Kier alpha value is -3.67. The van der Waals surface area contributed by atoms with Crippen molar-refractivity contribution >= 4 is 17.4 Å². The van der Waals surface area contributed by atoms with Crippen molar-refractivity contribution in [1.82, 2.24) is 14.4 Å². The first kappa shape index (κ1) is 17.7. The van der Waals surface area contributed by atoms with E-state index in [9.17, 15) is 4.79 Å². The molecule has 0 spiro atoms. The summed E-state index contributed by atoms with van der Waals surface area (Å²) in [7, 11) is 0. The zero-order valence-corrected chi connectivity index (χ0v) is 15.7. The molecular formula is C22H20N4O2. The number of hydrogen-bond acceptors (Lipinski definition) is 4. The van der Waals surface area contributed by atoms with E-state index in [-0.39, 0.29) is 5.91 Å². The Labute approximate surface area is 162 Å². The van der Waals surface area contributed by atoms with Crippen LogP contribution in [0.1, 0.15) is 27.3 Å². The van der Waals surface area contributed by atoms with Gasteiger partial charge in [0.25, 0.3) is 5.91 Å². The fourth-order valence-electron chi connectivity index (χ4n) is 2.93. The number of amides is 1. The van der Waals surface area contributed by atoms with Crippen LogP contribution in [0.5, 0.6) is 5.75 Å². The van der Waals surface area contributed by atoms with Crippen LogP contribution in [0.15, 0.2) is 67.0 Å². The van der Waals surface area contributed by atoms with Crippen LogP contribution in [-0.2, 0) is 6.61 Å². The topological polar surface area (TPSA) is 68.5 Å². The lowest BCUT2D eigenvalue weighted by atomic mass is 10.2. The molecule has 1 N–H and O–H groups in total. The van der Waals surface area contributed by atoms with Crippen LogP contribution in [0.4, 0.5) is 5.82 Å². The predicted molar refractivity (Wildman–Crippen MR) is 108 cm³/mol. The molecule has 0 saturated carbocycles. The van der Waals surface area contributed by atoms with E-state index >= 15 is 0 Å². The third kappa shape index (κ3) is 3.86. The average Bonchev–Trinajstić information content (AvgIpc) is 3.11. The van der Waals surface area contributed by atoms with Crippen LogP contribution >= 0.6 is 0 Å². The number of anilines is 1. The number of aromatic nitrogens is 3. The number of rotatable bonds is 5. The molecule has 0 unspecified atom stereocenters. The summed E-state index contributed by atoms with van der Waals surface area (Å²) in [5, 5.41) is 2.79. The van der Waals surface area contributed by atoms with Crippen molar-refractivity contribution in [1.29, 1.82) is 0 Å². The van der Waals surface area contributed by atoms with E-state index in [0.29, 0.717) is 23.7 Å². The summed E-state index contributed by atoms with van der Waals surface area (Å²) in [4.78, 5) is 21.2. The second-order valence-corrected chi connectivity index (χ2v) is 6.59. The summed E-state index contributed by atoms with van der Waals surface area (Å²) >= 11 is 0. The van der Waals surface area contributed by atoms with Gasteiger partial charge in [0.05, 0.1) is 5.69 Å². The number of ether oxygens (including phenoxy) is 1. The molecule has 0 aliphatic carbocycles. The van der Waals surface area contributed by atoms with Crippen molar-refractivity contribution in [3.8, 4) is 5.75 Å². The van der Waals surface area contributed by atoms with Gasteiger partial charge in [-0.15, -0.1) is 0 Å². The first-order valence-electron chi connectivity index (χ1n) is 8.99. The van der Waals surface area contributed by atoms with Crippen molar-refractivity contribution in [2.45, 2.75) is 20.5 Å². The molecule has 0 aliphatic heterocycles. The second kappa shape index (κ2) is 7.52. The van der Waals surface area contributed by atoms with E-state index in [0.717, 1.165) is 22.6 Å². The molecule has 0 aliphatic rings. The van der Waals surface area contributed by atoms with Crippen molar-refractivity contribution < 1.29 is 9.53 Å². The zero-order chi connectivity index (χ0) is 19.5. The Morgan fingerprint density at radius 2 is 1.86 bits per heavy atom. The Morgan fingerprint density at radius 3 is 2.61 bits per heavy atom. The molecule has 4 rings (SSSR count). The first-order chi connectivity index (χ1) is 13.6. The highest BCUT2D eigenvalue weighted by Gasteiger charge is 2.08. The van der Waals surface area contributed by atoms with Crippen LogP contribution in [0.25, 0.3) is 5.65 Å². The number of carbonyl (C=O) groups excluding carboxylic acids is 1. The van der Waals surface area contributed by atoms with Gasteiger partial charge in [-0.25, -0.2) is 9.97 Å². The summed E-state index contributed by atoms with van der Waals surface area (Å²) in [5.41, 5.74) is 4.29. The maximum atomic E-state index is 12.3. The summed E-state index contributed by atoms with van der Waals surface area (Å²) in [6.45, 7) is 4.27. The maximum absolute atomic E-state index is 12.3. The largest absolute Gasteiger partial charge is 0.487 e. The van der Waals surface area contributed by atoms with Gasteiger partial charge < -0.3 is 14.5 Å². The molecule has 0 fully saturated rings. The smallest absolute Gasteiger partial charge is 0.256 e. The number of fused-ring (bicyclic) bond motifs is 1. The quantitative estimate of drug-likeness (QED) is 0.571. The minimum atomic E-state index is -0.208. The van der Waals surface area contributed by atoms with Crippen LogP contribution < -0.4 is 10.1 Å². The van der Waals surface area contributed by atoms with Gasteiger partial charge >= 0.3 is 0 Å². The summed E-state index contributed by atoms with van der Waals surface area (Å²) in [5.74, 6) is 1.01. The number of aryl methyl sites for hydroxylation is 2. The highest BCUT2D eigenvalue weighted by atomic mass is 16.5. The molecule has 0 saturated heterocycles. The van der Waals surface area contributed by atoms with Gasteiger partial charge in [-0.1, -0.05) is 12.1 Å². The Bertz CT molecular complexity index is 1130. The molecule has 1 amide bonds. The Morgan fingerprint density at radius 1 is 1.04 bits per heavy atom. The van der Waals surface area contributed by atoms with Gasteiger partial charge in [0.2, 0.25) is 0 Å². The van der Waals surface area contributed by atoms with Crippen molar-refractivity contribution in [3.05, 3.63) is 89.5 Å². The number of hydrogen-bond donors (Lipinski definition) is 1. The fourth-order valence-corrected chi connectivity index (χ4v) is 2.93. The minimum Gasteiger partial charge on any atom is -0.487 e. The van der Waals surface area contributed by atoms with Crippen LogP contribution in [0.2, 0.25) is 0 Å². The molecule has 6 heteroatoms. The number of imidazole rings is 1. The Balaban J connectivity index is 1.40. The highest BCUT2D eigenvalue weighted by molar-refractivity contribution is 6.03. The molecule has 28 heavy (non-hydrogen) atoms. The summed E-state index contributed by atoms with van der Waals surface area (Å²) < 4.78 is 7.80. The van der Waals surface area contributed by atoms with Gasteiger partial charge in [0.15, 0.2) is 0 Å². The van der Waals surface area contributed by atoms with Gasteiger partial charge in [0.1, 0.15) is 23.8 Å². The van der Waals surface area contributed by atoms with Gasteiger partial charge in [-0.05, 0) is 61.9 Å². The van der Waals surface area contributed by atoms with Crippen LogP contribution in [-0.4, -0.2) is 20.3 Å². The summed E-state index contributed by atoms with van der Waals surface area (Å²) in [6, 6.07) is 16.5. The van der Waals surface area contributed by atoms with E-state index in [2.05, 4.69) is 15.3 Å². The maximum Gasteiger partial charge on any atom is 0.256 e. The molecular weight excluding hydrogens is 352 g/mol. The van der Waals surface area contributed by atoms with Crippen molar-refractivity contribution in [2.75, 3.05) is 5.32 Å². The third-order valence-corrected chi connectivity index (χ3v) is 4.36. The third-order valence-electron chi connectivity index (χ3n) is 4.36. The van der Waals surface area contributed by atoms with Gasteiger partial charge in [-0.2, -0.15) is 0 Å². The molecule has 0 atom stereocenters. The lowest BCUT2D eigenvalue weighted by Crippen LogP contribution is -2.13. The standard InChI is InChI=1S/C22H20N4O2/c1-15-5-4-12-26-13-18(24-21(15)26)14-28-19-10-8-17(9-11-19)22(27)25-20-7-3-6-16(2)23-20/h3-13H,14H2,1-2H3,(H,23,25,27). The SMILES string of the molecule is Cc1cccc(NC(=O)c2ccc(OCc3cn4cccc(C)c4n3)cc2)n1. The summed E-state index contributed by atoms with van der Waals surface area (Å²) in [6.07, 6.45) is 3.92. The normalized spacial score (nSPS) is 10.8. The monoisotopic (exact) mass is 372 g/mol. The molecule has 0 radical (unpaired) electrons. The van der Waals surface area contributed by atoms with E-state index in [4.69, 9.17) is 4.74 Å². The van der Waals surface area contributed by atoms with Gasteiger partial charge in [0, 0.05) is 23.7 Å². The van der Waals surface area contributed by atoms with E-state index in [1.54, 1.807) is 30.3 Å².